The summed E-state index contributed by atoms with van der Waals surface area (Å²) in [4.78, 5) is 27.4. The van der Waals surface area contributed by atoms with Gasteiger partial charge in [0, 0.05) is 58.5 Å². The van der Waals surface area contributed by atoms with Crippen LogP contribution < -0.4 is 0 Å². The molecule has 156 valence electrons. The minimum absolute atomic E-state index is 0.0424. The average molecular weight is 415 g/mol. The van der Waals surface area contributed by atoms with Gasteiger partial charge in [0.25, 0.3) is 5.69 Å². The van der Waals surface area contributed by atoms with Gasteiger partial charge >= 0.3 is 5.97 Å². The summed E-state index contributed by atoms with van der Waals surface area (Å²) >= 11 is 0. The third kappa shape index (κ3) is 3.66. The van der Waals surface area contributed by atoms with Gasteiger partial charge in [-0.25, -0.2) is 4.79 Å². The highest BCUT2D eigenvalue weighted by Crippen LogP contribution is 2.33. The van der Waals surface area contributed by atoms with Crippen LogP contribution in [0.25, 0.3) is 21.8 Å². The quantitative estimate of drug-likeness (QED) is 0.190. The van der Waals surface area contributed by atoms with Crippen molar-refractivity contribution in [3.8, 4) is 0 Å². The van der Waals surface area contributed by atoms with Crippen molar-refractivity contribution in [3.05, 3.63) is 87.5 Å². The molecule has 0 aliphatic carbocycles. The van der Waals surface area contributed by atoms with Crippen molar-refractivity contribution in [2.24, 2.45) is 5.16 Å². The van der Waals surface area contributed by atoms with Gasteiger partial charge in [-0.3, -0.25) is 10.1 Å². The molecule has 7 heteroatoms. The summed E-state index contributed by atoms with van der Waals surface area (Å²) in [5, 5.41) is 17.1. The number of aromatic nitrogens is 1. The van der Waals surface area contributed by atoms with Crippen LogP contribution in [0.4, 0.5) is 5.69 Å². The van der Waals surface area contributed by atoms with Gasteiger partial charge in [-0.2, -0.15) is 0 Å². The van der Waals surface area contributed by atoms with Crippen LogP contribution in [0.5, 0.6) is 0 Å². The van der Waals surface area contributed by atoms with Crippen molar-refractivity contribution >= 4 is 39.2 Å². The molecule has 3 aromatic carbocycles. The first kappa shape index (κ1) is 20.3. The van der Waals surface area contributed by atoms with E-state index in [1.54, 1.807) is 12.1 Å². The van der Waals surface area contributed by atoms with E-state index in [-0.39, 0.29) is 10.6 Å². The number of carbonyl (C=O) groups is 1. The van der Waals surface area contributed by atoms with Gasteiger partial charge in [-0.1, -0.05) is 35.5 Å². The van der Waals surface area contributed by atoms with Crippen molar-refractivity contribution in [1.29, 1.82) is 0 Å². The SMILES string of the molecule is CCn1c2ccc(C(=NOC(C)=O)c3ccccc3C)cc2c2cc([N+](=O)[O-])ccc21. The van der Waals surface area contributed by atoms with Gasteiger partial charge in [0.1, 0.15) is 5.71 Å². The second kappa shape index (κ2) is 8.02. The highest BCUT2D eigenvalue weighted by molar-refractivity contribution is 6.17. The van der Waals surface area contributed by atoms with E-state index in [2.05, 4.69) is 9.72 Å². The van der Waals surface area contributed by atoms with Crippen LogP contribution in [0.1, 0.15) is 30.5 Å². The topological polar surface area (TPSA) is 86.7 Å². The Balaban J connectivity index is 2.00. The van der Waals surface area contributed by atoms with Crippen LogP contribution in [-0.2, 0) is 16.2 Å². The number of nitro groups is 1. The van der Waals surface area contributed by atoms with Crippen molar-refractivity contribution in [2.75, 3.05) is 0 Å². The summed E-state index contributed by atoms with van der Waals surface area (Å²) in [6.07, 6.45) is 0. The Kier molecular flexibility index (Phi) is 5.25. The van der Waals surface area contributed by atoms with Crippen molar-refractivity contribution in [1.82, 2.24) is 4.57 Å². The van der Waals surface area contributed by atoms with Gasteiger partial charge in [0.2, 0.25) is 0 Å². The van der Waals surface area contributed by atoms with Crippen LogP contribution in [0.2, 0.25) is 0 Å². The van der Waals surface area contributed by atoms with Crippen molar-refractivity contribution < 1.29 is 14.6 Å². The number of nitro benzene ring substituents is 1. The fourth-order valence-electron chi connectivity index (χ4n) is 3.90. The number of nitrogens with zero attached hydrogens (tertiary/aromatic N) is 3. The van der Waals surface area contributed by atoms with Crippen molar-refractivity contribution in [3.63, 3.8) is 0 Å². The zero-order valence-corrected chi connectivity index (χ0v) is 17.5. The number of hydrogen-bond donors (Lipinski definition) is 0. The molecule has 31 heavy (non-hydrogen) atoms. The number of aryl methyl sites for hydroxylation is 2. The predicted molar refractivity (Wildman–Crippen MR) is 120 cm³/mol. The van der Waals surface area contributed by atoms with Gasteiger partial charge < -0.3 is 9.40 Å². The molecule has 0 spiro atoms. The largest absolute Gasteiger partial charge is 0.341 e. The van der Waals surface area contributed by atoms with E-state index < -0.39 is 5.97 Å². The van der Waals surface area contributed by atoms with Gasteiger partial charge in [0.15, 0.2) is 0 Å². The minimum Gasteiger partial charge on any atom is -0.341 e. The molecular formula is C24H21N3O4. The van der Waals surface area contributed by atoms with Crippen LogP contribution in [0.3, 0.4) is 0 Å². The lowest BCUT2D eigenvalue weighted by atomic mass is 9.97. The van der Waals surface area contributed by atoms with Crippen LogP contribution in [-0.4, -0.2) is 21.2 Å². The maximum absolute atomic E-state index is 11.4. The summed E-state index contributed by atoms with van der Waals surface area (Å²) in [5.41, 5.74) is 5.05. The van der Waals surface area contributed by atoms with Gasteiger partial charge in [-0.15, -0.1) is 0 Å². The van der Waals surface area contributed by atoms with Crippen LogP contribution in [0, 0.1) is 17.0 Å². The molecule has 0 bridgehead atoms. The predicted octanol–water partition coefficient (Wildman–Crippen LogP) is 5.35. The Morgan fingerprint density at radius 1 is 1.06 bits per heavy atom. The summed E-state index contributed by atoms with van der Waals surface area (Å²) in [6.45, 7) is 6.03. The van der Waals surface area contributed by atoms with E-state index >= 15 is 0 Å². The zero-order valence-electron chi connectivity index (χ0n) is 17.5. The lowest BCUT2D eigenvalue weighted by Crippen LogP contribution is -2.08. The molecule has 1 heterocycles. The van der Waals surface area contributed by atoms with E-state index in [1.165, 1.54) is 13.0 Å². The monoisotopic (exact) mass is 415 g/mol. The fourth-order valence-corrected chi connectivity index (χ4v) is 3.90. The number of hydrogen-bond acceptors (Lipinski definition) is 5. The van der Waals surface area contributed by atoms with E-state index in [0.29, 0.717) is 5.71 Å². The Labute approximate surface area is 178 Å². The normalized spacial score (nSPS) is 11.8. The molecule has 0 radical (unpaired) electrons. The molecule has 0 atom stereocenters. The Morgan fingerprint density at radius 2 is 1.74 bits per heavy atom. The number of fused-ring (bicyclic) bond motifs is 3. The molecule has 4 aromatic rings. The lowest BCUT2D eigenvalue weighted by Gasteiger charge is -2.10. The second-order valence-electron chi connectivity index (χ2n) is 7.27. The van der Waals surface area contributed by atoms with Gasteiger partial charge in [-0.05, 0) is 37.6 Å². The second-order valence-corrected chi connectivity index (χ2v) is 7.27. The highest BCUT2D eigenvalue weighted by Gasteiger charge is 2.17. The number of rotatable bonds is 5. The van der Waals surface area contributed by atoms with Crippen LogP contribution in [0.15, 0.2) is 65.8 Å². The smallest absolute Gasteiger partial charge is 0.332 e. The first-order valence-corrected chi connectivity index (χ1v) is 9.93. The van der Waals surface area contributed by atoms with Crippen LogP contribution >= 0.6 is 0 Å². The summed E-state index contributed by atoms with van der Waals surface area (Å²) in [6, 6.07) is 18.5. The molecule has 4 rings (SSSR count). The zero-order chi connectivity index (χ0) is 22.1. The van der Waals surface area contributed by atoms with E-state index in [9.17, 15) is 14.9 Å². The number of non-ortho nitro benzene ring substituents is 1. The minimum atomic E-state index is -0.509. The van der Waals surface area contributed by atoms with Crippen molar-refractivity contribution in [2.45, 2.75) is 27.3 Å². The third-order valence-corrected chi connectivity index (χ3v) is 5.31. The Morgan fingerprint density at radius 3 is 2.39 bits per heavy atom. The van der Waals surface area contributed by atoms with Gasteiger partial charge in [0.05, 0.1) is 4.92 Å². The number of carbonyl (C=O) groups excluding carboxylic acids is 1. The average Bonchev–Trinajstić information content (AvgIpc) is 3.07. The molecular weight excluding hydrogens is 394 g/mol. The number of benzene rings is 3. The Bertz CT molecular complexity index is 1370. The lowest BCUT2D eigenvalue weighted by molar-refractivity contribution is -0.384. The molecule has 0 saturated heterocycles. The van der Waals surface area contributed by atoms with E-state index in [0.717, 1.165) is 45.0 Å². The molecule has 0 fully saturated rings. The Hall–Kier alpha value is -4.00. The first-order chi connectivity index (χ1) is 14.9. The first-order valence-electron chi connectivity index (χ1n) is 9.93. The maximum atomic E-state index is 11.4. The molecule has 0 aliphatic rings. The van der Waals surface area contributed by atoms with E-state index in [4.69, 9.17) is 4.84 Å². The summed E-state index contributed by atoms with van der Waals surface area (Å²) < 4.78 is 2.12. The molecule has 0 aliphatic heterocycles. The third-order valence-electron chi connectivity index (χ3n) is 5.31. The molecule has 0 saturated carbocycles. The fraction of sp³-hybridized carbons (Fsp3) is 0.167. The molecule has 7 nitrogen and oxygen atoms in total. The summed E-state index contributed by atoms with van der Waals surface area (Å²) in [5.74, 6) is -0.509. The van der Waals surface area contributed by atoms with E-state index in [1.807, 2.05) is 56.3 Å². The molecule has 0 N–H and O–H groups in total. The molecule has 1 aromatic heterocycles. The molecule has 0 unspecified atom stereocenters. The molecule has 0 amide bonds. The standard InChI is InChI=1S/C24H21N3O4/c1-4-26-22-11-9-17(13-20(22)21-14-18(27(29)30)10-12-23(21)26)24(25-31-16(3)28)19-8-6-5-7-15(19)2/h5-14H,4H2,1-3H3. The highest BCUT2D eigenvalue weighted by atomic mass is 16.7. The maximum Gasteiger partial charge on any atom is 0.332 e. The summed E-state index contributed by atoms with van der Waals surface area (Å²) in [7, 11) is 0. The number of oxime groups is 1.